The highest BCUT2D eigenvalue weighted by molar-refractivity contribution is 6.03. The number of aromatic amines is 1. The van der Waals surface area contributed by atoms with Crippen molar-refractivity contribution in [3.05, 3.63) is 72.3 Å². The van der Waals surface area contributed by atoms with Crippen LogP contribution in [0.1, 0.15) is 55.1 Å². The van der Waals surface area contributed by atoms with E-state index in [-0.39, 0.29) is 11.9 Å². The Morgan fingerprint density at radius 3 is 2.58 bits per heavy atom. The number of anilines is 1. The second-order valence-corrected chi connectivity index (χ2v) is 8.56. The fraction of sp³-hybridized carbons (Fsp3) is 0.346. The Morgan fingerprint density at radius 2 is 1.91 bits per heavy atom. The van der Waals surface area contributed by atoms with Gasteiger partial charge in [0.05, 0.1) is 18.6 Å². The minimum atomic E-state index is -0.979. The molecule has 1 heterocycles. The number of carboxylic acid groups (broad SMARTS) is 1. The molecule has 1 atom stereocenters. The smallest absolute Gasteiger partial charge is 0.326 e. The average molecular weight is 447 g/mol. The number of benzene rings is 2. The fourth-order valence-corrected chi connectivity index (χ4v) is 4.55. The molecule has 1 amide bonds. The molecule has 4 rings (SSSR count). The van der Waals surface area contributed by atoms with Crippen LogP contribution in [0.25, 0.3) is 11.1 Å². The molecule has 0 saturated heterocycles. The molecule has 172 valence electrons. The van der Waals surface area contributed by atoms with E-state index in [2.05, 4.69) is 15.3 Å². The number of carbonyl (C=O) groups is 2. The van der Waals surface area contributed by atoms with Crippen LogP contribution in [0.15, 0.2) is 61.1 Å². The Morgan fingerprint density at radius 1 is 1.15 bits per heavy atom. The van der Waals surface area contributed by atoms with Gasteiger partial charge in [0.25, 0.3) is 5.91 Å². The van der Waals surface area contributed by atoms with Crippen LogP contribution < -0.4 is 5.32 Å². The van der Waals surface area contributed by atoms with Crippen LogP contribution in [0.3, 0.4) is 0 Å². The first-order chi connectivity index (χ1) is 16.0. The van der Waals surface area contributed by atoms with Crippen LogP contribution in [0.4, 0.5) is 5.69 Å². The van der Waals surface area contributed by atoms with Crippen molar-refractivity contribution in [2.45, 2.75) is 57.7 Å². The lowest BCUT2D eigenvalue weighted by Gasteiger charge is -2.37. The molecule has 3 N–H and O–H groups in total. The van der Waals surface area contributed by atoms with E-state index in [0.717, 1.165) is 54.6 Å². The minimum absolute atomic E-state index is 0.0570. The largest absolute Gasteiger partial charge is 0.480 e. The van der Waals surface area contributed by atoms with Crippen molar-refractivity contribution >= 4 is 17.6 Å². The Hall–Kier alpha value is -3.61. The SMILES string of the molecule is C[C@@H](C(=O)O)N(C(=O)c1ccc(NCc2c[nH]cn2)cc1-c1ccccc1)C1CCCCC1. The van der Waals surface area contributed by atoms with E-state index in [9.17, 15) is 14.7 Å². The molecule has 1 fully saturated rings. The zero-order valence-electron chi connectivity index (χ0n) is 18.8. The number of rotatable bonds is 8. The molecule has 1 saturated carbocycles. The molecule has 0 bridgehead atoms. The number of hydrogen-bond acceptors (Lipinski definition) is 4. The van der Waals surface area contributed by atoms with Crippen LogP contribution in [0, 0.1) is 0 Å². The maximum absolute atomic E-state index is 13.9. The number of imidazole rings is 1. The third kappa shape index (κ3) is 5.25. The summed E-state index contributed by atoms with van der Waals surface area (Å²) in [7, 11) is 0. The Bertz CT molecular complexity index is 1080. The molecule has 33 heavy (non-hydrogen) atoms. The lowest BCUT2D eigenvalue weighted by atomic mass is 9.91. The minimum Gasteiger partial charge on any atom is -0.480 e. The van der Waals surface area contributed by atoms with Gasteiger partial charge in [0, 0.05) is 23.5 Å². The van der Waals surface area contributed by atoms with Crippen LogP contribution in [-0.2, 0) is 11.3 Å². The van der Waals surface area contributed by atoms with E-state index in [1.54, 1.807) is 18.2 Å². The van der Waals surface area contributed by atoms with E-state index in [1.807, 2.05) is 54.7 Å². The van der Waals surface area contributed by atoms with Crippen LogP contribution in [0.2, 0.25) is 0 Å². The maximum Gasteiger partial charge on any atom is 0.326 e. The predicted octanol–water partition coefficient (Wildman–Crippen LogP) is 4.94. The highest BCUT2D eigenvalue weighted by Gasteiger charge is 2.34. The van der Waals surface area contributed by atoms with Crippen molar-refractivity contribution in [1.29, 1.82) is 0 Å². The number of hydrogen-bond donors (Lipinski definition) is 3. The average Bonchev–Trinajstić information content (AvgIpc) is 3.37. The summed E-state index contributed by atoms with van der Waals surface area (Å²) in [5.74, 6) is -1.21. The zero-order valence-corrected chi connectivity index (χ0v) is 18.8. The number of carbonyl (C=O) groups excluding carboxylic acids is 1. The molecule has 1 aliphatic rings. The summed E-state index contributed by atoms with van der Waals surface area (Å²) in [6.07, 6.45) is 8.31. The summed E-state index contributed by atoms with van der Waals surface area (Å²) in [5.41, 5.74) is 3.96. The van der Waals surface area contributed by atoms with Gasteiger partial charge in [-0.05, 0) is 49.1 Å². The van der Waals surface area contributed by atoms with E-state index >= 15 is 0 Å². The maximum atomic E-state index is 13.9. The molecule has 2 aromatic carbocycles. The highest BCUT2D eigenvalue weighted by atomic mass is 16.4. The topological polar surface area (TPSA) is 98.3 Å². The quantitative estimate of drug-likeness (QED) is 0.455. The number of aromatic nitrogens is 2. The number of amides is 1. The molecule has 0 aliphatic heterocycles. The van der Waals surface area contributed by atoms with Gasteiger partial charge in [-0.1, -0.05) is 49.6 Å². The first kappa shape index (κ1) is 22.6. The van der Waals surface area contributed by atoms with Crippen LogP contribution in [0.5, 0.6) is 0 Å². The molecule has 3 aromatic rings. The molecule has 7 heteroatoms. The number of nitrogens with zero attached hydrogens (tertiary/aromatic N) is 2. The van der Waals surface area contributed by atoms with Crippen LogP contribution in [-0.4, -0.2) is 43.9 Å². The highest BCUT2D eigenvalue weighted by Crippen LogP contribution is 2.32. The van der Waals surface area contributed by atoms with Gasteiger partial charge in [-0.3, -0.25) is 4.79 Å². The van der Waals surface area contributed by atoms with Gasteiger partial charge in [0.15, 0.2) is 0 Å². The molecular weight excluding hydrogens is 416 g/mol. The molecule has 1 aromatic heterocycles. The van der Waals surface area contributed by atoms with Crippen molar-refractivity contribution in [3.63, 3.8) is 0 Å². The van der Waals surface area contributed by atoms with Crippen LogP contribution >= 0.6 is 0 Å². The normalized spacial score (nSPS) is 15.1. The van der Waals surface area contributed by atoms with Gasteiger partial charge in [-0.15, -0.1) is 0 Å². The predicted molar refractivity (Wildman–Crippen MR) is 128 cm³/mol. The fourth-order valence-electron chi connectivity index (χ4n) is 4.55. The molecule has 0 radical (unpaired) electrons. The van der Waals surface area contributed by atoms with Crippen molar-refractivity contribution in [3.8, 4) is 11.1 Å². The van der Waals surface area contributed by atoms with Gasteiger partial charge in [-0.25, -0.2) is 9.78 Å². The summed E-state index contributed by atoms with van der Waals surface area (Å²) in [4.78, 5) is 34.6. The van der Waals surface area contributed by atoms with E-state index in [0.29, 0.717) is 12.1 Å². The Kier molecular flexibility index (Phi) is 7.07. The molecule has 7 nitrogen and oxygen atoms in total. The van der Waals surface area contributed by atoms with Crippen molar-refractivity contribution in [2.24, 2.45) is 0 Å². The first-order valence-electron chi connectivity index (χ1n) is 11.5. The third-order valence-corrected chi connectivity index (χ3v) is 6.34. The van der Waals surface area contributed by atoms with Crippen molar-refractivity contribution < 1.29 is 14.7 Å². The summed E-state index contributed by atoms with van der Waals surface area (Å²) in [6.45, 7) is 2.16. The van der Waals surface area contributed by atoms with Gasteiger partial charge in [0.1, 0.15) is 6.04 Å². The van der Waals surface area contributed by atoms with Crippen molar-refractivity contribution in [1.82, 2.24) is 14.9 Å². The van der Waals surface area contributed by atoms with Gasteiger partial charge in [-0.2, -0.15) is 0 Å². The zero-order chi connectivity index (χ0) is 23.2. The van der Waals surface area contributed by atoms with Gasteiger partial charge in [0.2, 0.25) is 0 Å². The molecule has 1 aliphatic carbocycles. The van der Waals surface area contributed by atoms with E-state index < -0.39 is 12.0 Å². The van der Waals surface area contributed by atoms with Crippen molar-refractivity contribution in [2.75, 3.05) is 5.32 Å². The summed E-state index contributed by atoms with van der Waals surface area (Å²) in [5, 5.41) is 13.1. The number of carboxylic acids is 1. The second kappa shape index (κ2) is 10.3. The second-order valence-electron chi connectivity index (χ2n) is 8.56. The van der Waals surface area contributed by atoms with E-state index in [1.165, 1.54) is 0 Å². The summed E-state index contributed by atoms with van der Waals surface area (Å²) >= 11 is 0. The Labute approximate surface area is 193 Å². The number of aliphatic carboxylic acids is 1. The molecule has 0 unspecified atom stereocenters. The van der Waals surface area contributed by atoms with Gasteiger partial charge >= 0.3 is 5.97 Å². The van der Waals surface area contributed by atoms with Gasteiger partial charge < -0.3 is 20.3 Å². The lowest BCUT2D eigenvalue weighted by molar-refractivity contribution is -0.142. The van der Waals surface area contributed by atoms with E-state index in [4.69, 9.17) is 0 Å². The summed E-state index contributed by atoms with van der Waals surface area (Å²) < 4.78 is 0. The first-order valence-corrected chi connectivity index (χ1v) is 11.5. The molecular formula is C26H30N4O3. The number of H-pyrrole nitrogens is 1. The summed E-state index contributed by atoms with van der Waals surface area (Å²) in [6, 6.07) is 14.4. The third-order valence-electron chi connectivity index (χ3n) is 6.34. The molecule has 0 spiro atoms. The monoisotopic (exact) mass is 446 g/mol. The standard InChI is InChI=1S/C26H30N4O3/c1-18(26(32)33)30(22-10-6-3-7-11-22)25(31)23-13-12-20(28-16-21-15-27-17-29-21)14-24(23)19-8-4-2-5-9-19/h2,4-5,8-9,12-15,17-18,22,28H,3,6-7,10-11,16H2,1H3,(H,27,29)(H,32,33)/t18-/m0/s1. The number of nitrogens with one attached hydrogen (secondary N) is 2. The Balaban J connectivity index is 1.70. The lowest BCUT2D eigenvalue weighted by Crippen LogP contribution is -2.50.